The third-order valence-electron chi connectivity index (χ3n) is 4.09. The standard InChI is InChI=1S/C16H19ClN2O/c1-10-7-13(15(9-20)19(2)8-10)11-3-4-14(17)12-5-6-18-16(11)12/h3-7,10,15,18,20H,8-9H2,1-2H3/t10?,15-/m1/s1. The molecule has 2 aromatic rings. The van der Waals surface area contributed by atoms with Gasteiger partial charge in [0.05, 0.1) is 18.2 Å². The van der Waals surface area contributed by atoms with Crippen molar-refractivity contribution in [2.24, 2.45) is 5.92 Å². The molecule has 3 rings (SSSR count). The second-order valence-corrected chi connectivity index (χ2v) is 6.01. The molecule has 0 spiro atoms. The Labute approximate surface area is 123 Å². The van der Waals surface area contributed by atoms with Gasteiger partial charge in [-0.3, -0.25) is 4.90 Å². The molecule has 2 N–H and O–H groups in total. The number of hydrogen-bond acceptors (Lipinski definition) is 2. The number of aliphatic hydroxyl groups is 1. The highest BCUT2D eigenvalue weighted by atomic mass is 35.5. The van der Waals surface area contributed by atoms with E-state index in [0.717, 1.165) is 28.0 Å². The van der Waals surface area contributed by atoms with E-state index >= 15 is 0 Å². The number of hydrogen-bond donors (Lipinski definition) is 2. The van der Waals surface area contributed by atoms with Gasteiger partial charge in [-0.15, -0.1) is 0 Å². The summed E-state index contributed by atoms with van der Waals surface area (Å²) in [5, 5.41) is 11.5. The van der Waals surface area contributed by atoms with Crippen LogP contribution in [0.15, 0.2) is 30.5 Å². The van der Waals surface area contributed by atoms with E-state index in [2.05, 4.69) is 29.9 Å². The number of halogens is 1. The molecule has 0 radical (unpaired) electrons. The van der Waals surface area contributed by atoms with Crippen molar-refractivity contribution >= 4 is 28.1 Å². The average molecular weight is 291 g/mol. The largest absolute Gasteiger partial charge is 0.394 e. The second kappa shape index (κ2) is 5.24. The van der Waals surface area contributed by atoms with Crippen molar-refractivity contribution in [2.75, 3.05) is 20.2 Å². The summed E-state index contributed by atoms with van der Waals surface area (Å²) in [6, 6.07) is 6.01. The molecule has 0 amide bonds. The average Bonchev–Trinajstić information content (AvgIpc) is 2.88. The molecule has 2 heterocycles. The van der Waals surface area contributed by atoms with Crippen molar-refractivity contribution in [3.63, 3.8) is 0 Å². The van der Waals surface area contributed by atoms with Gasteiger partial charge in [-0.05, 0) is 30.7 Å². The van der Waals surface area contributed by atoms with Crippen LogP contribution in [-0.4, -0.2) is 41.2 Å². The van der Waals surface area contributed by atoms with Crippen LogP contribution >= 0.6 is 11.6 Å². The molecule has 1 aromatic carbocycles. The third kappa shape index (κ3) is 2.16. The van der Waals surface area contributed by atoms with Crippen LogP contribution in [0.5, 0.6) is 0 Å². The second-order valence-electron chi connectivity index (χ2n) is 5.60. The van der Waals surface area contributed by atoms with Gasteiger partial charge in [0, 0.05) is 28.7 Å². The molecule has 3 nitrogen and oxygen atoms in total. The van der Waals surface area contributed by atoms with Crippen LogP contribution in [0.3, 0.4) is 0 Å². The van der Waals surface area contributed by atoms with Crippen LogP contribution in [0, 0.1) is 5.92 Å². The third-order valence-corrected chi connectivity index (χ3v) is 4.41. The molecule has 1 aromatic heterocycles. The summed E-state index contributed by atoms with van der Waals surface area (Å²) in [6.45, 7) is 3.29. The van der Waals surface area contributed by atoms with Gasteiger partial charge in [0.15, 0.2) is 0 Å². The highest BCUT2D eigenvalue weighted by Crippen LogP contribution is 2.34. The maximum Gasteiger partial charge on any atom is 0.0628 e. The minimum atomic E-state index is 0.0406. The van der Waals surface area contributed by atoms with Crippen LogP contribution in [0.2, 0.25) is 5.02 Å². The summed E-state index contributed by atoms with van der Waals surface area (Å²) in [5.41, 5.74) is 3.36. The first kappa shape index (κ1) is 13.7. The number of rotatable bonds is 2. The molecular weight excluding hydrogens is 272 g/mol. The van der Waals surface area contributed by atoms with Crippen LogP contribution in [-0.2, 0) is 0 Å². The molecule has 1 aliphatic rings. The van der Waals surface area contributed by atoms with E-state index in [0.29, 0.717) is 5.92 Å². The van der Waals surface area contributed by atoms with E-state index in [4.69, 9.17) is 11.6 Å². The Morgan fingerprint density at radius 2 is 2.20 bits per heavy atom. The van der Waals surface area contributed by atoms with Crippen LogP contribution in [0.25, 0.3) is 16.5 Å². The van der Waals surface area contributed by atoms with Crippen molar-refractivity contribution < 1.29 is 5.11 Å². The lowest BCUT2D eigenvalue weighted by Crippen LogP contribution is -2.41. The van der Waals surface area contributed by atoms with Crippen molar-refractivity contribution in [3.8, 4) is 0 Å². The number of aliphatic hydroxyl groups excluding tert-OH is 1. The summed E-state index contributed by atoms with van der Waals surface area (Å²) < 4.78 is 0. The lowest BCUT2D eigenvalue weighted by Gasteiger charge is -2.35. The van der Waals surface area contributed by atoms with Crippen LogP contribution in [0.1, 0.15) is 12.5 Å². The number of fused-ring (bicyclic) bond motifs is 1. The first-order valence-electron chi connectivity index (χ1n) is 6.90. The van der Waals surface area contributed by atoms with E-state index in [-0.39, 0.29) is 12.6 Å². The summed E-state index contributed by atoms with van der Waals surface area (Å²) in [6.07, 6.45) is 4.18. The number of H-pyrrole nitrogens is 1. The summed E-state index contributed by atoms with van der Waals surface area (Å²) in [5.74, 6) is 0.471. The molecule has 0 bridgehead atoms. The van der Waals surface area contributed by atoms with E-state index < -0.39 is 0 Å². The SMILES string of the molecule is CC1C=C(c2ccc(Cl)c3cc[nH]c23)[C@@H](CO)N(C)C1. The van der Waals surface area contributed by atoms with Crippen LogP contribution in [0.4, 0.5) is 0 Å². The quantitative estimate of drug-likeness (QED) is 0.892. The first-order valence-corrected chi connectivity index (χ1v) is 7.28. The predicted octanol–water partition coefficient (Wildman–Crippen LogP) is 3.15. The normalized spacial score (nSPS) is 24.1. The number of benzene rings is 1. The number of nitrogens with one attached hydrogen (secondary N) is 1. The maximum absolute atomic E-state index is 9.74. The fourth-order valence-corrected chi connectivity index (χ4v) is 3.38. The topological polar surface area (TPSA) is 39.3 Å². The van der Waals surface area contributed by atoms with E-state index in [9.17, 15) is 5.11 Å². The zero-order chi connectivity index (χ0) is 14.3. The molecule has 1 unspecified atom stereocenters. The summed E-state index contributed by atoms with van der Waals surface area (Å²) in [4.78, 5) is 5.49. The number of aromatic amines is 1. The van der Waals surface area contributed by atoms with Gasteiger partial charge in [0.25, 0.3) is 0 Å². The molecule has 2 atom stereocenters. The number of nitrogens with zero attached hydrogens (tertiary/aromatic N) is 1. The lowest BCUT2D eigenvalue weighted by molar-refractivity contribution is 0.167. The zero-order valence-corrected chi connectivity index (χ0v) is 12.5. The molecule has 20 heavy (non-hydrogen) atoms. The van der Waals surface area contributed by atoms with Gasteiger partial charge in [0.2, 0.25) is 0 Å². The smallest absolute Gasteiger partial charge is 0.0628 e. The Balaban J connectivity index is 2.18. The first-order chi connectivity index (χ1) is 9.61. The molecule has 106 valence electrons. The maximum atomic E-state index is 9.74. The fourth-order valence-electron chi connectivity index (χ4n) is 3.16. The Bertz CT molecular complexity index is 662. The Hall–Kier alpha value is -1.29. The predicted molar refractivity (Wildman–Crippen MR) is 84.0 cm³/mol. The van der Waals surface area contributed by atoms with Gasteiger partial charge in [-0.2, -0.15) is 0 Å². The zero-order valence-electron chi connectivity index (χ0n) is 11.7. The van der Waals surface area contributed by atoms with Gasteiger partial charge in [-0.1, -0.05) is 30.7 Å². The molecule has 0 saturated heterocycles. The molecule has 0 fully saturated rings. The monoisotopic (exact) mass is 290 g/mol. The minimum Gasteiger partial charge on any atom is -0.394 e. The van der Waals surface area contributed by atoms with Crippen LogP contribution < -0.4 is 0 Å². The Morgan fingerprint density at radius 3 is 2.95 bits per heavy atom. The molecular formula is C16H19ClN2O. The highest BCUT2D eigenvalue weighted by Gasteiger charge is 2.27. The molecule has 0 saturated carbocycles. The molecule has 1 aliphatic heterocycles. The molecule has 0 aliphatic carbocycles. The lowest BCUT2D eigenvalue weighted by atomic mass is 9.89. The Morgan fingerprint density at radius 1 is 1.40 bits per heavy atom. The van der Waals surface area contributed by atoms with E-state index in [1.165, 1.54) is 5.57 Å². The Kier molecular flexibility index (Phi) is 3.59. The summed E-state index contributed by atoms with van der Waals surface area (Å²) >= 11 is 6.24. The van der Waals surface area contributed by atoms with Crippen molar-refractivity contribution in [1.29, 1.82) is 0 Å². The summed E-state index contributed by atoms with van der Waals surface area (Å²) in [7, 11) is 2.06. The van der Waals surface area contributed by atoms with Gasteiger partial charge in [-0.25, -0.2) is 0 Å². The minimum absolute atomic E-state index is 0.0406. The van der Waals surface area contributed by atoms with E-state index in [1.54, 1.807) is 0 Å². The van der Waals surface area contributed by atoms with Crippen molar-refractivity contribution in [2.45, 2.75) is 13.0 Å². The number of likely N-dealkylation sites (N-methyl/N-ethyl adjacent to an activating group) is 1. The van der Waals surface area contributed by atoms with Crippen molar-refractivity contribution in [1.82, 2.24) is 9.88 Å². The van der Waals surface area contributed by atoms with Gasteiger partial charge < -0.3 is 10.1 Å². The molecule has 4 heteroatoms. The van der Waals surface area contributed by atoms with Crippen molar-refractivity contribution in [3.05, 3.63) is 41.1 Å². The van der Waals surface area contributed by atoms with Gasteiger partial charge >= 0.3 is 0 Å². The van der Waals surface area contributed by atoms with E-state index in [1.807, 2.05) is 24.4 Å². The highest BCUT2D eigenvalue weighted by molar-refractivity contribution is 6.35. The fraction of sp³-hybridized carbons (Fsp3) is 0.375. The number of aromatic nitrogens is 1. The van der Waals surface area contributed by atoms with Gasteiger partial charge in [0.1, 0.15) is 0 Å².